The van der Waals surface area contributed by atoms with E-state index in [1.165, 1.54) is 83.5 Å². The minimum Gasteiger partial charge on any atom is -0.352 e. The summed E-state index contributed by atoms with van der Waals surface area (Å²) in [6.45, 7) is 2.28. The third-order valence-corrected chi connectivity index (χ3v) is 5.16. The van der Waals surface area contributed by atoms with Crippen molar-refractivity contribution in [1.82, 2.24) is 5.32 Å². The summed E-state index contributed by atoms with van der Waals surface area (Å²) in [4.78, 5) is 10.8. The van der Waals surface area contributed by atoms with Crippen molar-refractivity contribution in [1.29, 1.82) is 0 Å². The Kier molecular flexibility index (Phi) is 11.2. The molecule has 0 spiro atoms. The van der Waals surface area contributed by atoms with Crippen molar-refractivity contribution in [2.24, 2.45) is 11.7 Å². The van der Waals surface area contributed by atoms with E-state index in [1.54, 1.807) is 0 Å². The number of unbranched alkanes of at least 4 members (excludes halogenated alkanes) is 9. The molecule has 3 N–H and O–H groups in total. The van der Waals surface area contributed by atoms with Crippen molar-refractivity contribution in [3.8, 4) is 0 Å². The highest BCUT2D eigenvalue weighted by molar-refractivity contribution is 5.71. The van der Waals surface area contributed by atoms with Crippen LogP contribution in [0.1, 0.15) is 103 Å². The Balaban J connectivity index is 1.84. The fourth-order valence-corrected chi connectivity index (χ4v) is 3.72. The van der Waals surface area contributed by atoms with E-state index in [-0.39, 0.29) is 6.03 Å². The van der Waals surface area contributed by atoms with Gasteiger partial charge in [0.15, 0.2) is 0 Å². The minimum absolute atomic E-state index is 0.335. The Morgan fingerprint density at radius 3 is 1.86 bits per heavy atom. The molecule has 1 aliphatic carbocycles. The lowest BCUT2D eigenvalue weighted by molar-refractivity contribution is 0.232. The van der Waals surface area contributed by atoms with Crippen LogP contribution in [0, 0.1) is 5.92 Å². The fraction of sp³-hybridized carbons (Fsp3) is 0.947. The maximum Gasteiger partial charge on any atom is 0.312 e. The van der Waals surface area contributed by atoms with Gasteiger partial charge in [0, 0.05) is 6.04 Å². The summed E-state index contributed by atoms with van der Waals surface area (Å²) in [6.07, 6.45) is 20.3. The van der Waals surface area contributed by atoms with E-state index in [2.05, 4.69) is 12.2 Å². The van der Waals surface area contributed by atoms with Crippen LogP contribution in [0.15, 0.2) is 0 Å². The van der Waals surface area contributed by atoms with Gasteiger partial charge in [-0.15, -0.1) is 0 Å². The second-order valence-corrected chi connectivity index (χ2v) is 7.20. The van der Waals surface area contributed by atoms with E-state index in [4.69, 9.17) is 5.73 Å². The second kappa shape index (κ2) is 12.8. The van der Waals surface area contributed by atoms with Crippen molar-refractivity contribution in [3.63, 3.8) is 0 Å². The Morgan fingerprint density at radius 1 is 0.864 bits per heavy atom. The molecule has 1 rings (SSSR count). The van der Waals surface area contributed by atoms with Crippen molar-refractivity contribution >= 4 is 6.03 Å². The summed E-state index contributed by atoms with van der Waals surface area (Å²) in [5.74, 6) is 0.889. The SMILES string of the molecule is CCCCCCCCCCCCC1CCC(NC(N)=O)CC1. The number of hydrogen-bond acceptors (Lipinski definition) is 1. The molecule has 1 aliphatic rings. The van der Waals surface area contributed by atoms with Crippen LogP contribution in [0.25, 0.3) is 0 Å². The smallest absolute Gasteiger partial charge is 0.312 e. The first kappa shape index (κ1) is 19.3. The summed E-state index contributed by atoms with van der Waals surface area (Å²) < 4.78 is 0. The number of primary amides is 1. The Morgan fingerprint density at radius 2 is 1.36 bits per heavy atom. The highest BCUT2D eigenvalue weighted by atomic mass is 16.2. The predicted molar refractivity (Wildman–Crippen MR) is 94.9 cm³/mol. The molecule has 2 amide bonds. The molecule has 1 fully saturated rings. The zero-order chi connectivity index (χ0) is 16.0. The Labute approximate surface area is 137 Å². The van der Waals surface area contributed by atoms with Crippen LogP contribution < -0.4 is 11.1 Å². The van der Waals surface area contributed by atoms with Crippen LogP contribution in [-0.2, 0) is 0 Å². The van der Waals surface area contributed by atoms with Crippen molar-refractivity contribution in [2.75, 3.05) is 0 Å². The van der Waals surface area contributed by atoms with Gasteiger partial charge in [0.1, 0.15) is 0 Å². The van der Waals surface area contributed by atoms with Crippen LogP contribution in [0.3, 0.4) is 0 Å². The molecule has 0 atom stereocenters. The van der Waals surface area contributed by atoms with Gasteiger partial charge in [-0.2, -0.15) is 0 Å². The largest absolute Gasteiger partial charge is 0.352 e. The maximum absolute atomic E-state index is 10.8. The lowest BCUT2D eigenvalue weighted by Crippen LogP contribution is -2.40. The molecule has 0 heterocycles. The molecule has 22 heavy (non-hydrogen) atoms. The first-order chi connectivity index (χ1) is 10.7. The molecule has 0 radical (unpaired) electrons. The lowest BCUT2D eigenvalue weighted by atomic mass is 9.83. The van der Waals surface area contributed by atoms with E-state index < -0.39 is 0 Å². The topological polar surface area (TPSA) is 55.1 Å². The maximum atomic E-state index is 10.8. The zero-order valence-corrected chi connectivity index (χ0v) is 14.7. The minimum atomic E-state index is -0.363. The summed E-state index contributed by atoms with van der Waals surface area (Å²) in [5, 5.41) is 2.85. The molecule has 0 saturated heterocycles. The number of nitrogens with one attached hydrogen (secondary N) is 1. The number of urea groups is 1. The quantitative estimate of drug-likeness (QED) is 0.458. The van der Waals surface area contributed by atoms with Crippen LogP contribution in [0.5, 0.6) is 0 Å². The van der Waals surface area contributed by atoms with Crippen LogP contribution in [-0.4, -0.2) is 12.1 Å². The van der Waals surface area contributed by atoms with E-state index >= 15 is 0 Å². The highest BCUT2D eigenvalue weighted by Gasteiger charge is 2.21. The van der Waals surface area contributed by atoms with Gasteiger partial charge < -0.3 is 11.1 Å². The van der Waals surface area contributed by atoms with Gasteiger partial charge in [0.05, 0.1) is 0 Å². The normalized spacial score (nSPS) is 21.7. The summed E-state index contributed by atoms with van der Waals surface area (Å²) in [6, 6.07) is -0.0281. The van der Waals surface area contributed by atoms with Crippen LogP contribution in [0.4, 0.5) is 4.79 Å². The van der Waals surface area contributed by atoms with E-state index in [9.17, 15) is 4.79 Å². The van der Waals surface area contributed by atoms with Crippen LogP contribution in [0.2, 0.25) is 0 Å². The molecule has 0 aromatic carbocycles. The molecule has 0 bridgehead atoms. The molecule has 130 valence electrons. The van der Waals surface area contributed by atoms with E-state index in [0.29, 0.717) is 6.04 Å². The van der Waals surface area contributed by atoms with Gasteiger partial charge in [-0.1, -0.05) is 77.6 Å². The fourth-order valence-electron chi connectivity index (χ4n) is 3.72. The lowest BCUT2D eigenvalue weighted by Gasteiger charge is -2.28. The molecule has 0 aromatic heterocycles. The Bertz CT molecular complexity index is 273. The molecule has 3 nitrogen and oxygen atoms in total. The molecular formula is C19H38N2O. The monoisotopic (exact) mass is 310 g/mol. The summed E-state index contributed by atoms with van der Waals surface area (Å²) in [7, 11) is 0. The highest BCUT2D eigenvalue weighted by Crippen LogP contribution is 2.28. The van der Waals surface area contributed by atoms with Gasteiger partial charge in [-0.3, -0.25) is 0 Å². The predicted octanol–water partition coefficient (Wildman–Crippen LogP) is 5.52. The van der Waals surface area contributed by atoms with Gasteiger partial charge in [-0.05, 0) is 31.6 Å². The first-order valence-electron chi connectivity index (χ1n) is 9.78. The molecule has 3 heteroatoms. The van der Waals surface area contributed by atoms with E-state index in [1.807, 2.05) is 0 Å². The average Bonchev–Trinajstić information content (AvgIpc) is 2.50. The van der Waals surface area contributed by atoms with Crippen molar-refractivity contribution in [2.45, 2.75) is 109 Å². The number of carbonyl (C=O) groups is 1. The average molecular weight is 311 g/mol. The number of amides is 2. The van der Waals surface area contributed by atoms with Gasteiger partial charge in [0.25, 0.3) is 0 Å². The number of rotatable bonds is 12. The van der Waals surface area contributed by atoms with Gasteiger partial charge in [0.2, 0.25) is 0 Å². The van der Waals surface area contributed by atoms with E-state index in [0.717, 1.165) is 18.8 Å². The second-order valence-electron chi connectivity index (χ2n) is 7.20. The molecule has 0 aliphatic heterocycles. The molecule has 0 unspecified atom stereocenters. The number of nitrogens with two attached hydrogens (primary N) is 1. The molecule has 0 aromatic rings. The number of hydrogen-bond donors (Lipinski definition) is 2. The van der Waals surface area contributed by atoms with Gasteiger partial charge >= 0.3 is 6.03 Å². The van der Waals surface area contributed by atoms with Gasteiger partial charge in [-0.25, -0.2) is 4.79 Å². The summed E-state index contributed by atoms with van der Waals surface area (Å²) >= 11 is 0. The third kappa shape index (κ3) is 10.1. The summed E-state index contributed by atoms with van der Waals surface area (Å²) in [5.41, 5.74) is 5.18. The van der Waals surface area contributed by atoms with Crippen molar-refractivity contribution in [3.05, 3.63) is 0 Å². The van der Waals surface area contributed by atoms with Crippen molar-refractivity contribution < 1.29 is 4.79 Å². The standard InChI is InChI=1S/C19H38N2O/c1-2-3-4-5-6-7-8-9-10-11-12-17-13-15-18(16-14-17)21-19(20)22/h17-18H,2-16H2,1H3,(H3,20,21,22). The number of carbonyl (C=O) groups excluding carboxylic acids is 1. The zero-order valence-electron chi connectivity index (χ0n) is 14.7. The Hall–Kier alpha value is -0.730. The third-order valence-electron chi connectivity index (χ3n) is 5.16. The molecular weight excluding hydrogens is 272 g/mol. The molecule has 1 saturated carbocycles. The van der Waals surface area contributed by atoms with Crippen LogP contribution >= 0.6 is 0 Å². The first-order valence-corrected chi connectivity index (χ1v) is 9.78.